The molecular formula is C4H4ClNO3. The fourth-order valence-electron chi connectivity index (χ4n) is 0.547. The van der Waals surface area contributed by atoms with Crippen LogP contribution in [-0.2, 0) is 9.63 Å². The van der Waals surface area contributed by atoms with Crippen molar-refractivity contribution < 1.29 is 14.4 Å². The molecule has 50 valence electrons. The molecular weight excluding hydrogens is 146 g/mol. The van der Waals surface area contributed by atoms with Crippen LogP contribution in [0.5, 0.6) is 0 Å². The number of hydrogen-bond donors (Lipinski definition) is 0. The van der Waals surface area contributed by atoms with Gasteiger partial charge in [-0.15, -0.1) is 5.06 Å². The average Bonchev–Trinajstić information content (AvgIpc) is 2.13. The molecule has 0 aromatic heterocycles. The maximum Gasteiger partial charge on any atom is 0.347 e. The van der Waals surface area contributed by atoms with Crippen LogP contribution in [0, 0.1) is 0 Å². The Hall–Kier alpha value is -0.610. The fourth-order valence-corrected chi connectivity index (χ4v) is 0.690. The first-order valence-electron chi connectivity index (χ1n) is 2.37. The summed E-state index contributed by atoms with van der Waals surface area (Å²) in [6, 6.07) is 0. The maximum atomic E-state index is 10.5. The summed E-state index contributed by atoms with van der Waals surface area (Å²) >= 11 is 4.92. The van der Waals surface area contributed by atoms with Crippen molar-refractivity contribution >= 4 is 22.9 Å². The lowest BCUT2D eigenvalue weighted by Gasteiger charge is -2.04. The highest BCUT2D eigenvalue weighted by atomic mass is 35.5. The minimum Gasteiger partial charge on any atom is -0.272 e. The molecule has 0 N–H and O–H groups in total. The van der Waals surface area contributed by atoms with E-state index in [0.29, 0.717) is 5.06 Å². The van der Waals surface area contributed by atoms with Crippen molar-refractivity contribution in [2.24, 2.45) is 0 Å². The molecule has 0 aliphatic carbocycles. The first-order valence-corrected chi connectivity index (χ1v) is 2.75. The Labute approximate surface area is 56.3 Å². The van der Waals surface area contributed by atoms with Gasteiger partial charge in [0.15, 0.2) is 0 Å². The first-order chi connectivity index (χ1) is 4.22. The predicted octanol–water partition coefficient (Wildman–Crippen LogP) is 0.509. The van der Waals surface area contributed by atoms with Gasteiger partial charge < -0.3 is 0 Å². The molecule has 4 nitrogen and oxygen atoms in total. The Balaban J connectivity index is 2.60. The van der Waals surface area contributed by atoms with Gasteiger partial charge >= 0.3 is 5.37 Å². The molecule has 0 aromatic carbocycles. The van der Waals surface area contributed by atoms with Gasteiger partial charge in [-0.25, -0.2) is 0 Å². The summed E-state index contributed by atoms with van der Waals surface area (Å²) in [4.78, 5) is 25.2. The number of hydroxylamine groups is 2. The highest BCUT2D eigenvalue weighted by molar-refractivity contribution is 6.63. The zero-order valence-corrected chi connectivity index (χ0v) is 5.22. The van der Waals surface area contributed by atoms with E-state index in [1.165, 1.54) is 0 Å². The van der Waals surface area contributed by atoms with Crippen LogP contribution >= 0.6 is 11.6 Å². The van der Waals surface area contributed by atoms with Crippen molar-refractivity contribution in [2.45, 2.75) is 6.42 Å². The van der Waals surface area contributed by atoms with E-state index in [9.17, 15) is 9.59 Å². The summed E-state index contributed by atoms with van der Waals surface area (Å²) in [7, 11) is 0. The molecule has 0 saturated carbocycles. The van der Waals surface area contributed by atoms with Crippen molar-refractivity contribution in [1.82, 2.24) is 5.06 Å². The molecule has 1 aliphatic rings. The highest BCUT2D eigenvalue weighted by Crippen LogP contribution is 2.08. The molecule has 0 unspecified atom stereocenters. The van der Waals surface area contributed by atoms with Gasteiger partial charge in [0, 0.05) is 0 Å². The van der Waals surface area contributed by atoms with E-state index in [4.69, 9.17) is 11.6 Å². The quantitative estimate of drug-likeness (QED) is 0.372. The third kappa shape index (κ3) is 1.20. The zero-order chi connectivity index (χ0) is 6.85. The second-order valence-corrected chi connectivity index (χ2v) is 1.85. The van der Waals surface area contributed by atoms with Crippen molar-refractivity contribution in [2.75, 3.05) is 6.61 Å². The standard InChI is InChI=1S/C4H4ClNO3/c5-4(8)6-3(7)1-2-9-6/h1-2H2. The molecule has 0 spiro atoms. The lowest BCUT2D eigenvalue weighted by molar-refractivity contribution is -0.145. The molecule has 2 amide bonds. The summed E-state index contributed by atoms with van der Waals surface area (Å²) in [6.07, 6.45) is 0.235. The second-order valence-electron chi connectivity index (χ2n) is 1.52. The van der Waals surface area contributed by atoms with Crippen molar-refractivity contribution in [3.8, 4) is 0 Å². The van der Waals surface area contributed by atoms with Gasteiger partial charge in [0.25, 0.3) is 5.91 Å². The van der Waals surface area contributed by atoms with Gasteiger partial charge in [-0.05, 0) is 11.6 Å². The number of imide groups is 1. The van der Waals surface area contributed by atoms with Gasteiger partial charge in [-0.2, -0.15) is 0 Å². The summed E-state index contributed by atoms with van der Waals surface area (Å²) in [5.74, 6) is -0.380. The zero-order valence-electron chi connectivity index (χ0n) is 4.46. The molecule has 1 fully saturated rings. The van der Waals surface area contributed by atoms with E-state index >= 15 is 0 Å². The van der Waals surface area contributed by atoms with Crippen LogP contribution in [0.3, 0.4) is 0 Å². The number of amides is 2. The largest absolute Gasteiger partial charge is 0.347 e. The number of carbonyl (C=O) groups is 2. The molecule has 1 saturated heterocycles. The molecule has 9 heavy (non-hydrogen) atoms. The third-order valence-electron chi connectivity index (χ3n) is 0.923. The van der Waals surface area contributed by atoms with Crippen LogP contribution < -0.4 is 0 Å². The molecule has 1 rings (SSSR count). The maximum absolute atomic E-state index is 10.5. The van der Waals surface area contributed by atoms with Crippen LogP contribution in [-0.4, -0.2) is 22.9 Å². The van der Waals surface area contributed by atoms with Crippen LogP contribution in [0.25, 0.3) is 0 Å². The number of carbonyl (C=O) groups excluding carboxylic acids is 2. The molecule has 5 heteroatoms. The summed E-state index contributed by atoms with van der Waals surface area (Å²) < 4.78 is 0. The third-order valence-corrected chi connectivity index (χ3v) is 1.08. The second kappa shape index (κ2) is 2.33. The monoisotopic (exact) mass is 149 g/mol. The molecule has 0 bridgehead atoms. The van der Waals surface area contributed by atoms with E-state index in [2.05, 4.69) is 4.84 Å². The molecule has 0 atom stereocenters. The number of hydrogen-bond acceptors (Lipinski definition) is 3. The van der Waals surface area contributed by atoms with Crippen molar-refractivity contribution in [1.29, 1.82) is 0 Å². The highest BCUT2D eigenvalue weighted by Gasteiger charge is 2.26. The van der Waals surface area contributed by atoms with Crippen molar-refractivity contribution in [3.63, 3.8) is 0 Å². The van der Waals surface area contributed by atoms with Crippen molar-refractivity contribution in [3.05, 3.63) is 0 Å². The van der Waals surface area contributed by atoms with Crippen LogP contribution in [0.1, 0.15) is 6.42 Å². The Bertz CT molecular complexity index is 158. The lowest BCUT2D eigenvalue weighted by Crippen LogP contribution is -2.25. The minimum absolute atomic E-state index is 0.235. The summed E-state index contributed by atoms with van der Waals surface area (Å²) in [5, 5.41) is -0.320. The van der Waals surface area contributed by atoms with Crippen LogP contribution in [0.4, 0.5) is 4.79 Å². The smallest absolute Gasteiger partial charge is 0.272 e. The summed E-state index contributed by atoms with van der Waals surface area (Å²) in [6.45, 7) is 0.247. The Morgan fingerprint density at radius 3 is 2.67 bits per heavy atom. The van der Waals surface area contributed by atoms with Gasteiger partial charge in [0.05, 0.1) is 13.0 Å². The Morgan fingerprint density at radius 1 is 1.78 bits per heavy atom. The summed E-state index contributed by atoms with van der Waals surface area (Å²) in [5.41, 5.74) is 0. The van der Waals surface area contributed by atoms with Gasteiger partial charge in [0.2, 0.25) is 0 Å². The normalized spacial score (nSPS) is 18.8. The molecule has 0 aromatic rings. The molecule has 1 aliphatic heterocycles. The number of nitrogens with zero attached hydrogens (tertiary/aromatic N) is 1. The SMILES string of the molecule is O=C(Cl)N1OCCC1=O. The number of rotatable bonds is 0. The van der Waals surface area contributed by atoms with Crippen LogP contribution in [0.2, 0.25) is 0 Å². The minimum atomic E-state index is -0.877. The Morgan fingerprint density at radius 2 is 2.44 bits per heavy atom. The lowest BCUT2D eigenvalue weighted by atomic mass is 10.5. The predicted molar refractivity (Wildman–Crippen MR) is 28.7 cm³/mol. The van der Waals surface area contributed by atoms with E-state index < -0.39 is 5.37 Å². The van der Waals surface area contributed by atoms with Gasteiger partial charge in [0.1, 0.15) is 0 Å². The van der Waals surface area contributed by atoms with Crippen LogP contribution in [0.15, 0.2) is 0 Å². The van der Waals surface area contributed by atoms with Gasteiger partial charge in [-0.3, -0.25) is 14.4 Å². The molecule has 0 radical (unpaired) electrons. The topological polar surface area (TPSA) is 46.6 Å². The van der Waals surface area contributed by atoms with E-state index in [1.807, 2.05) is 0 Å². The van der Waals surface area contributed by atoms with Gasteiger partial charge in [-0.1, -0.05) is 0 Å². The fraction of sp³-hybridized carbons (Fsp3) is 0.500. The number of halogens is 1. The average molecular weight is 150 g/mol. The Kier molecular flexibility index (Phi) is 1.68. The molecule has 1 heterocycles. The first kappa shape index (κ1) is 6.51. The van der Waals surface area contributed by atoms with E-state index in [-0.39, 0.29) is 18.9 Å². The van der Waals surface area contributed by atoms with E-state index in [1.54, 1.807) is 0 Å². The van der Waals surface area contributed by atoms with E-state index in [0.717, 1.165) is 0 Å².